The first-order valence-corrected chi connectivity index (χ1v) is 4.19. The van der Waals surface area contributed by atoms with Crippen LogP contribution in [0, 0.1) is 5.41 Å². The van der Waals surface area contributed by atoms with Crippen LogP contribution in [-0.4, -0.2) is 19.3 Å². The molecule has 1 unspecified atom stereocenters. The zero-order valence-corrected chi connectivity index (χ0v) is 6.31. The average Bonchev–Trinajstić information content (AvgIpc) is 2.27. The Kier molecular flexibility index (Phi) is 1.46. The molecule has 1 heterocycles. The Morgan fingerprint density at radius 2 is 2.20 bits per heavy atom. The molecule has 1 spiro atoms. The van der Waals surface area contributed by atoms with Gasteiger partial charge in [0.25, 0.3) is 0 Å². The molecule has 0 aromatic rings. The third kappa shape index (κ3) is 0.722. The molecule has 2 N–H and O–H groups in total. The van der Waals surface area contributed by atoms with E-state index in [2.05, 4.69) is 0 Å². The lowest BCUT2D eigenvalue weighted by Gasteiger charge is -2.41. The predicted octanol–water partition coefficient (Wildman–Crippen LogP) is 0.904. The van der Waals surface area contributed by atoms with Crippen molar-refractivity contribution in [2.45, 2.75) is 31.8 Å². The van der Waals surface area contributed by atoms with E-state index in [1.807, 2.05) is 0 Å². The summed E-state index contributed by atoms with van der Waals surface area (Å²) in [6, 6.07) is 0. The molecular weight excluding hydrogens is 126 g/mol. The maximum Gasteiger partial charge on any atom is 0.0754 e. The summed E-state index contributed by atoms with van der Waals surface area (Å²) in [5, 5.41) is 0. The van der Waals surface area contributed by atoms with Gasteiger partial charge in [0.15, 0.2) is 0 Å². The van der Waals surface area contributed by atoms with Crippen molar-refractivity contribution in [3.8, 4) is 0 Å². The minimum absolute atomic E-state index is 0.390. The highest BCUT2D eigenvalue weighted by Crippen LogP contribution is 2.50. The molecule has 1 aliphatic heterocycles. The lowest BCUT2D eigenvalue weighted by molar-refractivity contribution is 0.0103. The van der Waals surface area contributed by atoms with Crippen molar-refractivity contribution in [1.82, 2.24) is 0 Å². The molecule has 0 radical (unpaired) electrons. The Bertz CT molecular complexity index is 131. The minimum atomic E-state index is 0.390. The van der Waals surface area contributed by atoms with E-state index in [1.54, 1.807) is 0 Å². The number of hydrogen-bond donors (Lipinski definition) is 1. The summed E-state index contributed by atoms with van der Waals surface area (Å²) >= 11 is 0. The maximum atomic E-state index is 5.59. The number of nitrogens with two attached hydrogens (primary N) is 1. The molecule has 2 nitrogen and oxygen atoms in total. The van der Waals surface area contributed by atoms with E-state index in [1.165, 1.54) is 25.7 Å². The SMILES string of the molecule is NCC1OCCC12CCC2. The van der Waals surface area contributed by atoms with Crippen LogP contribution in [0.5, 0.6) is 0 Å². The van der Waals surface area contributed by atoms with Crippen molar-refractivity contribution >= 4 is 0 Å². The molecule has 58 valence electrons. The van der Waals surface area contributed by atoms with Crippen LogP contribution >= 0.6 is 0 Å². The van der Waals surface area contributed by atoms with Crippen molar-refractivity contribution in [1.29, 1.82) is 0 Å². The molecule has 1 aliphatic carbocycles. The highest BCUT2D eigenvalue weighted by atomic mass is 16.5. The van der Waals surface area contributed by atoms with Gasteiger partial charge in [-0.2, -0.15) is 0 Å². The first-order chi connectivity index (χ1) is 4.87. The van der Waals surface area contributed by atoms with Gasteiger partial charge in [-0.25, -0.2) is 0 Å². The second kappa shape index (κ2) is 2.21. The van der Waals surface area contributed by atoms with Crippen molar-refractivity contribution in [3.63, 3.8) is 0 Å². The van der Waals surface area contributed by atoms with Crippen LogP contribution in [0.4, 0.5) is 0 Å². The van der Waals surface area contributed by atoms with Gasteiger partial charge in [-0.3, -0.25) is 0 Å². The fourth-order valence-corrected chi connectivity index (χ4v) is 2.26. The Labute approximate surface area is 61.7 Å². The molecule has 1 saturated heterocycles. The summed E-state index contributed by atoms with van der Waals surface area (Å²) < 4.78 is 5.53. The van der Waals surface area contributed by atoms with E-state index in [0.29, 0.717) is 11.5 Å². The smallest absolute Gasteiger partial charge is 0.0754 e. The molecule has 2 rings (SSSR count). The Hall–Kier alpha value is -0.0800. The van der Waals surface area contributed by atoms with Crippen LogP contribution in [0.2, 0.25) is 0 Å². The Balaban J connectivity index is 2.05. The number of rotatable bonds is 1. The first kappa shape index (κ1) is 6.62. The summed E-state index contributed by atoms with van der Waals surface area (Å²) in [6.45, 7) is 1.67. The fraction of sp³-hybridized carbons (Fsp3) is 1.00. The summed E-state index contributed by atoms with van der Waals surface area (Å²) in [4.78, 5) is 0. The zero-order valence-electron chi connectivity index (χ0n) is 6.31. The monoisotopic (exact) mass is 141 g/mol. The summed E-state index contributed by atoms with van der Waals surface area (Å²) in [5.74, 6) is 0. The molecule has 2 heteroatoms. The molecule has 0 aromatic carbocycles. The van der Waals surface area contributed by atoms with Crippen molar-refractivity contribution in [3.05, 3.63) is 0 Å². The van der Waals surface area contributed by atoms with Gasteiger partial charge >= 0.3 is 0 Å². The van der Waals surface area contributed by atoms with Crippen LogP contribution < -0.4 is 5.73 Å². The van der Waals surface area contributed by atoms with Gasteiger partial charge in [0.1, 0.15) is 0 Å². The average molecular weight is 141 g/mol. The first-order valence-electron chi connectivity index (χ1n) is 4.19. The van der Waals surface area contributed by atoms with Crippen LogP contribution in [0.3, 0.4) is 0 Å². The van der Waals surface area contributed by atoms with Gasteiger partial charge in [-0.15, -0.1) is 0 Å². The maximum absolute atomic E-state index is 5.59. The van der Waals surface area contributed by atoms with Crippen LogP contribution in [0.15, 0.2) is 0 Å². The normalized spacial score (nSPS) is 36.3. The van der Waals surface area contributed by atoms with Gasteiger partial charge in [-0.05, 0) is 24.7 Å². The summed E-state index contributed by atoms with van der Waals surface area (Å²) in [7, 11) is 0. The molecular formula is C8H15NO. The fourth-order valence-electron chi connectivity index (χ4n) is 2.26. The van der Waals surface area contributed by atoms with Crippen molar-refractivity contribution < 1.29 is 4.74 Å². The van der Waals surface area contributed by atoms with Crippen molar-refractivity contribution in [2.24, 2.45) is 11.1 Å². The van der Waals surface area contributed by atoms with Gasteiger partial charge in [0.05, 0.1) is 6.10 Å². The van der Waals surface area contributed by atoms with E-state index in [0.717, 1.165) is 13.2 Å². The molecule has 2 fully saturated rings. The minimum Gasteiger partial charge on any atom is -0.376 e. The predicted molar refractivity (Wildman–Crippen MR) is 39.7 cm³/mol. The summed E-state index contributed by atoms with van der Waals surface area (Å²) in [6.07, 6.45) is 5.75. The highest BCUT2D eigenvalue weighted by molar-refractivity contribution is 4.97. The zero-order chi connectivity index (χ0) is 7.03. The molecule has 1 atom stereocenters. The highest BCUT2D eigenvalue weighted by Gasteiger charge is 2.47. The molecule has 10 heavy (non-hydrogen) atoms. The van der Waals surface area contributed by atoms with Gasteiger partial charge < -0.3 is 10.5 Å². The Morgan fingerprint density at radius 3 is 2.60 bits per heavy atom. The van der Waals surface area contributed by atoms with Crippen LogP contribution in [-0.2, 0) is 4.74 Å². The largest absolute Gasteiger partial charge is 0.376 e. The van der Waals surface area contributed by atoms with Gasteiger partial charge in [0, 0.05) is 13.2 Å². The lowest BCUT2D eigenvalue weighted by Crippen LogP contribution is -2.41. The van der Waals surface area contributed by atoms with E-state index in [9.17, 15) is 0 Å². The summed E-state index contributed by atoms with van der Waals surface area (Å²) in [5.41, 5.74) is 6.13. The second-order valence-corrected chi connectivity index (χ2v) is 3.56. The van der Waals surface area contributed by atoms with E-state index in [-0.39, 0.29) is 0 Å². The second-order valence-electron chi connectivity index (χ2n) is 3.56. The van der Waals surface area contributed by atoms with E-state index in [4.69, 9.17) is 10.5 Å². The van der Waals surface area contributed by atoms with Gasteiger partial charge in [-0.1, -0.05) is 6.42 Å². The Morgan fingerprint density at radius 1 is 1.40 bits per heavy atom. The number of hydrogen-bond acceptors (Lipinski definition) is 2. The molecule has 2 aliphatic rings. The van der Waals surface area contributed by atoms with Crippen molar-refractivity contribution in [2.75, 3.05) is 13.2 Å². The number of ether oxygens (including phenoxy) is 1. The lowest BCUT2D eigenvalue weighted by atomic mass is 9.64. The molecule has 0 amide bonds. The van der Waals surface area contributed by atoms with Gasteiger partial charge in [0.2, 0.25) is 0 Å². The quantitative estimate of drug-likeness (QED) is 0.589. The molecule has 0 aromatic heterocycles. The van der Waals surface area contributed by atoms with Crippen LogP contribution in [0.1, 0.15) is 25.7 Å². The molecule has 0 bridgehead atoms. The van der Waals surface area contributed by atoms with E-state index < -0.39 is 0 Å². The third-order valence-corrected chi connectivity index (χ3v) is 3.17. The topological polar surface area (TPSA) is 35.2 Å². The molecule has 1 saturated carbocycles. The third-order valence-electron chi connectivity index (χ3n) is 3.17. The van der Waals surface area contributed by atoms with Crippen LogP contribution in [0.25, 0.3) is 0 Å². The van der Waals surface area contributed by atoms with E-state index >= 15 is 0 Å². The standard InChI is InChI=1S/C8H15NO/c9-6-7-8(2-1-3-8)4-5-10-7/h7H,1-6,9H2.